The van der Waals surface area contributed by atoms with Crippen LogP contribution < -0.4 is 0 Å². The van der Waals surface area contributed by atoms with Crippen LogP contribution in [0.2, 0.25) is 0 Å². The second-order valence-electron chi connectivity index (χ2n) is 5.99. The Hall–Kier alpha value is -0.830. The summed E-state index contributed by atoms with van der Waals surface area (Å²) in [5.74, 6) is 1.14. The van der Waals surface area contributed by atoms with E-state index >= 15 is 0 Å². The monoisotopic (exact) mass is 281 g/mol. The van der Waals surface area contributed by atoms with Gasteiger partial charge in [-0.3, -0.25) is 4.79 Å². The zero-order valence-corrected chi connectivity index (χ0v) is 13.8. The van der Waals surface area contributed by atoms with Gasteiger partial charge in [-0.2, -0.15) is 0 Å². The van der Waals surface area contributed by atoms with Crippen molar-refractivity contribution in [2.75, 3.05) is 19.7 Å². The third-order valence-electron chi connectivity index (χ3n) is 4.33. The van der Waals surface area contributed by atoms with E-state index in [4.69, 9.17) is 4.74 Å². The van der Waals surface area contributed by atoms with Gasteiger partial charge in [-0.15, -0.1) is 0 Å². The molecule has 0 amide bonds. The minimum Gasteiger partial charge on any atom is -0.466 e. The summed E-state index contributed by atoms with van der Waals surface area (Å²) in [5.41, 5.74) is 1.47. The van der Waals surface area contributed by atoms with Gasteiger partial charge in [0.15, 0.2) is 0 Å². The molecule has 20 heavy (non-hydrogen) atoms. The van der Waals surface area contributed by atoms with E-state index in [2.05, 4.69) is 38.7 Å². The molecule has 3 atom stereocenters. The van der Waals surface area contributed by atoms with Gasteiger partial charge in [0, 0.05) is 6.04 Å². The van der Waals surface area contributed by atoms with Crippen LogP contribution >= 0.6 is 0 Å². The molecule has 0 bridgehead atoms. The third kappa shape index (κ3) is 4.93. The van der Waals surface area contributed by atoms with Crippen molar-refractivity contribution in [3.05, 3.63) is 11.6 Å². The molecule has 3 heteroatoms. The number of ether oxygens (including phenoxy) is 1. The molecule has 1 aliphatic carbocycles. The molecule has 0 aliphatic heterocycles. The summed E-state index contributed by atoms with van der Waals surface area (Å²) >= 11 is 0. The lowest BCUT2D eigenvalue weighted by molar-refractivity contribution is -0.145. The Bertz CT molecular complexity index is 334. The third-order valence-corrected chi connectivity index (χ3v) is 4.33. The van der Waals surface area contributed by atoms with Crippen LogP contribution in [0.25, 0.3) is 0 Å². The first-order chi connectivity index (χ1) is 9.51. The quantitative estimate of drug-likeness (QED) is 0.527. The molecule has 3 unspecified atom stereocenters. The van der Waals surface area contributed by atoms with Crippen molar-refractivity contribution >= 4 is 5.97 Å². The van der Waals surface area contributed by atoms with Gasteiger partial charge in [0.05, 0.1) is 13.0 Å². The molecule has 0 radical (unpaired) electrons. The average Bonchev–Trinajstić information content (AvgIpc) is 2.38. The van der Waals surface area contributed by atoms with E-state index in [1.807, 2.05) is 6.92 Å². The molecule has 0 aromatic heterocycles. The van der Waals surface area contributed by atoms with Crippen LogP contribution in [0.1, 0.15) is 53.9 Å². The van der Waals surface area contributed by atoms with E-state index < -0.39 is 0 Å². The summed E-state index contributed by atoms with van der Waals surface area (Å²) in [6.45, 7) is 13.2. The average molecular weight is 281 g/mol. The summed E-state index contributed by atoms with van der Waals surface area (Å²) in [5, 5.41) is 0. The lowest BCUT2D eigenvalue weighted by Crippen LogP contribution is -2.43. The van der Waals surface area contributed by atoms with E-state index in [-0.39, 0.29) is 5.97 Å². The minimum atomic E-state index is -0.0516. The summed E-state index contributed by atoms with van der Waals surface area (Å²) in [7, 11) is 0. The summed E-state index contributed by atoms with van der Waals surface area (Å²) in [6.07, 6.45) is 5.20. The smallest absolute Gasteiger partial charge is 0.307 e. The van der Waals surface area contributed by atoms with Crippen LogP contribution in [0, 0.1) is 11.8 Å². The number of hydrogen-bond acceptors (Lipinski definition) is 3. The van der Waals surface area contributed by atoms with Crippen molar-refractivity contribution in [3.8, 4) is 0 Å². The molecule has 0 fully saturated rings. The minimum absolute atomic E-state index is 0.0516. The first kappa shape index (κ1) is 17.2. The Morgan fingerprint density at radius 3 is 2.55 bits per heavy atom. The zero-order valence-electron chi connectivity index (χ0n) is 13.8. The highest BCUT2D eigenvalue weighted by Crippen LogP contribution is 2.33. The highest BCUT2D eigenvalue weighted by molar-refractivity contribution is 5.70. The van der Waals surface area contributed by atoms with Crippen molar-refractivity contribution in [1.82, 2.24) is 4.90 Å². The van der Waals surface area contributed by atoms with Gasteiger partial charge in [-0.05, 0) is 51.6 Å². The van der Waals surface area contributed by atoms with E-state index in [0.717, 1.165) is 19.5 Å². The zero-order chi connectivity index (χ0) is 15.1. The molecular weight excluding hydrogens is 250 g/mol. The van der Waals surface area contributed by atoms with E-state index in [1.165, 1.54) is 12.0 Å². The van der Waals surface area contributed by atoms with Crippen LogP contribution in [-0.2, 0) is 9.53 Å². The van der Waals surface area contributed by atoms with Crippen LogP contribution in [0.4, 0.5) is 0 Å². The number of rotatable bonds is 7. The van der Waals surface area contributed by atoms with Crippen molar-refractivity contribution in [3.63, 3.8) is 0 Å². The lowest BCUT2D eigenvalue weighted by atomic mass is 9.78. The Morgan fingerprint density at radius 1 is 1.40 bits per heavy atom. The maximum atomic E-state index is 11.9. The highest BCUT2D eigenvalue weighted by atomic mass is 16.5. The fourth-order valence-corrected chi connectivity index (χ4v) is 3.57. The first-order valence-electron chi connectivity index (χ1n) is 8.08. The van der Waals surface area contributed by atoms with Gasteiger partial charge < -0.3 is 9.64 Å². The Labute approximate surface area is 124 Å². The molecule has 0 saturated heterocycles. The van der Waals surface area contributed by atoms with Crippen LogP contribution in [-0.4, -0.2) is 36.6 Å². The number of esters is 1. The van der Waals surface area contributed by atoms with Gasteiger partial charge >= 0.3 is 5.97 Å². The van der Waals surface area contributed by atoms with Crippen molar-refractivity contribution < 1.29 is 9.53 Å². The van der Waals surface area contributed by atoms with Gasteiger partial charge in [-0.1, -0.05) is 32.4 Å². The number of hydrogen-bond donors (Lipinski definition) is 0. The van der Waals surface area contributed by atoms with Gasteiger partial charge in [0.1, 0.15) is 0 Å². The second-order valence-corrected chi connectivity index (χ2v) is 5.99. The summed E-state index contributed by atoms with van der Waals surface area (Å²) in [4.78, 5) is 14.4. The molecular formula is C17H31NO2. The second kappa shape index (κ2) is 8.46. The maximum Gasteiger partial charge on any atom is 0.307 e. The molecule has 0 N–H and O–H groups in total. The first-order valence-corrected chi connectivity index (χ1v) is 8.08. The Kier molecular flexibility index (Phi) is 7.28. The fraction of sp³-hybridized carbons (Fsp3) is 0.824. The van der Waals surface area contributed by atoms with E-state index in [9.17, 15) is 4.79 Å². The molecule has 0 saturated carbocycles. The molecule has 1 aliphatic rings. The normalized spacial score (nSPS) is 24.4. The molecule has 3 nitrogen and oxygen atoms in total. The number of allylic oxidation sites excluding steroid dienone is 2. The van der Waals surface area contributed by atoms with Crippen molar-refractivity contribution in [1.29, 1.82) is 0 Å². The van der Waals surface area contributed by atoms with Crippen molar-refractivity contribution in [2.24, 2.45) is 11.8 Å². The SMILES string of the molecule is CCOC(=O)CC(C1CC(C)=CC(C)C1)N(CC)CC. The van der Waals surface area contributed by atoms with Crippen LogP contribution in [0.3, 0.4) is 0 Å². The molecule has 0 aromatic rings. The predicted molar refractivity (Wildman–Crippen MR) is 83.6 cm³/mol. The number of carbonyl (C=O) groups excluding carboxylic acids is 1. The van der Waals surface area contributed by atoms with Gasteiger partial charge in [0.25, 0.3) is 0 Å². The van der Waals surface area contributed by atoms with E-state index in [0.29, 0.717) is 30.9 Å². The van der Waals surface area contributed by atoms with E-state index in [1.54, 1.807) is 0 Å². The molecule has 116 valence electrons. The summed E-state index contributed by atoms with van der Waals surface area (Å²) in [6, 6.07) is 0.315. The summed E-state index contributed by atoms with van der Waals surface area (Å²) < 4.78 is 5.18. The molecule has 0 spiro atoms. The van der Waals surface area contributed by atoms with Crippen LogP contribution in [0.5, 0.6) is 0 Å². The van der Waals surface area contributed by atoms with Gasteiger partial charge in [0.2, 0.25) is 0 Å². The highest BCUT2D eigenvalue weighted by Gasteiger charge is 2.31. The van der Waals surface area contributed by atoms with Crippen molar-refractivity contribution in [2.45, 2.75) is 59.9 Å². The molecule has 0 heterocycles. The molecule has 1 rings (SSSR count). The fourth-order valence-electron chi connectivity index (χ4n) is 3.57. The largest absolute Gasteiger partial charge is 0.466 e. The number of carbonyl (C=O) groups is 1. The number of nitrogens with zero attached hydrogens (tertiary/aromatic N) is 1. The maximum absolute atomic E-state index is 11.9. The molecule has 0 aromatic carbocycles. The van der Waals surface area contributed by atoms with Crippen LogP contribution in [0.15, 0.2) is 11.6 Å². The van der Waals surface area contributed by atoms with Gasteiger partial charge in [-0.25, -0.2) is 0 Å². The standard InChI is InChI=1S/C17H31NO2/c1-6-18(7-2)16(12-17(19)20-8-3)15-10-13(4)9-14(5)11-15/h9,13,15-16H,6-8,10-12H2,1-5H3. The Morgan fingerprint density at radius 2 is 2.05 bits per heavy atom. The predicted octanol–water partition coefficient (Wildman–Crippen LogP) is 3.64. The topological polar surface area (TPSA) is 29.5 Å². The lowest BCUT2D eigenvalue weighted by Gasteiger charge is -2.38. The Balaban J connectivity index is 2.81.